The number of benzene rings is 1. The summed E-state index contributed by atoms with van der Waals surface area (Å²) in [6.07, 6.45) is 1.95. The molecule has 0 saturated carbocycles. The van der Waals surface area contributed by atoms with E-state index in [-0.39, 0.29) is 0 Å². The number of pyridine rings is 1. The minimum atomic E-state index is 0.314. The Morgan fingerprint density at radius 3 is 2.94 bits per heavy atom. The molecule has 0 bridgehead atoms. The average molecular weight is 274 g/mol. The van der Waals surface area contributed by atoms with Crippen molar-refractivity contribution in [3.05, 3.63) is 52.6 Å². The number of hydrogen-bond acceptors (Lipinski definition) is 2. The molecule has 0 fully saturated rings. The van der Waals surface area contributed by atoms with E-state index < -0.39 is 0 Å². The molecule has 3 rings (SSSR count). The first kappa shape index (κ1) is 9.54. The lowest BCUT2D eigenvalue weighted by Crippen LogP contribution is -2.10. The van der Waals surface area contributed by atoms with Crippen LogP contribution in [0.25, 0.3) is 16.6 Å². The molecule has 78 valence electrons. The molecule has 0 spiro atoms. The summed E-state index contributed by atoms with van der Waals surface area (Å²) < 4.78 is 2.99. The highest BCUT2D eigenvalue weighted by Gasteiger charge is 2.02. The van der Waals surface area contributed by atoms with Crippen molar-refractivity contribution in [3.8, 4) is 0 Å². The molecule has 2 heterocycles. The molecule has 3 aromatic rings. The van der Waals surface area contributed by atoms with Crippen LogP contribution in [0.4, 0.5) is 0 Å². The van der Waals surface area contributed by atoms with Gasteiger partial charge in [-0.2, -0.15) is 0 Å². The highest BCUT2D eigenvalue weighted by Crippen LogP contribution is 2.17. The van der Waals surface area contributed by atoms with Crippen LogP contribution < -0.4 is 5.49 Å². The van der Waals surface area contributed by atoms with Gasteiger partial charge < -0.3 is 4.40 Å². The lowest BCUT2D eigenvalue weighted by Gasteiger charge is -2.05. The quantitative estimate of drug-likeness (QED) is 0.629. The van der Waals surface area contributed by atoms with E-state index in [0.29, 0.717) is 5.49 Å². The van der Waals surface area contributed by atoms with Gasteiger partial charge in [0.25, 0.3) is 0 Å². The average Bonchev–Trinajstić information content (AvgIpc) is 2.29. The van der Waals surface area contributed by atoms with Crippen LogP contribution in [0.2, 0.25) is 0 Å². The van der Waals surface area contributed by atoms with E-state index in [1.807, 2.05) is 47.0 Å². The number of halogens is 1. The van der Waals surface area contributed by atoms with Crippen molar-refractivity contribution in [1.82, 2.24) is 9.38 Å². The van der Waals surface area contributed by atoms with E-state index in [0.717, 1.165) is 21.0 Å². The van der Waals surface area contributed by atoms with E-state index in [2.05, 4.69) is 20.9 Å². The third-order valence-electron chi connectivity index (χ3n) is 2.54. The molecule has 3 nitrogen and oxygen atoms in total. The molecule has 0 aliphatic heterocycles. The van der Waals surface area contributed by atoms with Crippen LogP contribution in [0.15, 0.2) is 47.1 Å². The molecule has 0 aliphatic carbocycles. The Hall–Kier alpha value is -1.68. The van der Waals surface area contributed by atoms with E-state index in [4.69, 9.17) is 5.41 Å². The molecule has 0 atom stereocenters. The van der Waals surface area contributed by atoms with Crippen molar-refractivity contribution in [2.75, 3.05) is 0 Å². The summed E-state index contributed by atoms with van der Waals surface area (Å²) in [7, 11) is 0. The summed E-state index contributed by atoms with van der Waals surface area (Å²) in [5.74, 6) is 0. The highest BCUT2D eigenvalue weighted by atomic mass is 79.9. The maximum Gasteiger partial charge on any atom is 0.156 e. The van der Waals surface area contributed by atoms with Crippen LogP contribution in [0.5, 0.6) is 0 Å². The number of fused-ring (bicyclic) bond motifs is 3. The van der Waals surface area contributed by atoms with Crippen LogP contribution in [0.3, 0.4) is 0 Å². The molecular formula is C12H8BrN3. The molecule has 0 unspecified atom stereocenters. The van der Waals surface area contributed by atoms with Crippen LogP contribution in [0, 0.1) is 5.41 Å². The first-order valence-electron chi connectivity index (χ1n) is 4.87. The lowest BCUT2D eigenvalue weighted by molar-refractivity contribution is 1.07. The summed E-state index contributed by atoms with van der Waals surface area (Å²) in [4.78, 5) is 4.25. The summed E-state index contributed by atoms with van der Waals surface area (Å²) >= 11 is 3.45. The van der Waals surface area contributed by atoms with Gasteiger partial charge in [-0.15, -0.1) is 0 Å². The first-order chi connectivity index (χ1) is 7.75. The molecule has 2 aromatic heterocycles. The minimum Gasteiger partial charge on any atom is -0.301 e. The molecule has 0 saturated heterocycles. The van der Waals surface area contributed by atoms with Gasteiger partial charge in [0.1, 0.15) is 5.65 Å². The molecule has 0 radical (unpaired) electrons. The molecule has 0 amide bonds. The van der Waals surface area contributed by atoms with Crippen molar-refractivity contribution in [3.63, 3.8) is 0 Å². The van der Waals surface area contributed by atoms with Gasteiger partial charge in [-0.25, -0.2) is 4.98 Å². The fourth-order valence-corrected chi connectivity index (χ4v) is 2.16. The summed E-state index contributed by atoms with van der Waals surface area (Å²) in [5, 5.41) is 8.73. The Balaban J connectivity index is 2.67. The normalized spacial score (nSPS) is 11.1. The lowest BCUT2D eigenvalue weighted by atomic mass is 10.2. The number of nitrogens with one attached hydrogen (secondary N) is 1. The Morgan fingerprint density at radius 2 is 2.06 bits per heavy atom. The monoisotopic (exact) mass is 273 g/mol. The molecule has 16 heavy (non-hydrogen) atoms. The van der Waals surface area contributed by atoms with E-state index in [1.54, 1.807) is 0 Å². The van der Waals surface area contributed by atoms with Gasteiger partial charge in [-0.1, -0.05) is 22.0 Å². The number of hydrogen-bond donors (Lipinski definition) is 1. The van der Waals surface area contributed by atoms with Gasteiger partial charge in [-0.3, -0.25) is 5.41 Å². The van der Waals surface area contributed by atoms with Gasteiger partial charge in [-0.05, 0) is 30.3 Å². The smallest absolute Gasteiger partial charge is 0.156 e. The van der Waals surface area contributed by atoms with Crippen molar-refractivity contribution in [1.29, 1.82) is 5.41 Å². The maximum atomic E-state index is 7.88. The predicted octanol–water partition coefficient (Wildman–Crippen LogP) is 2.73. The topological polar surface area (TPSA) is 41.2 Å². The Bertz CT molecular complexity index is 746. The van der Waals surface area contributed by atoms with Crippen molar-refractivity contribution in [2.24, 2.45) is 0 Å². The molecule has 4 heteroatoms. The molecule has 0 aliphatic rings. The second kappa shape index (κ2) is 3.42. The predicted molar refractivity (Wildman–Crippen MR) is 66.3 cm³/mol. The van der Waals surface area contributed by atoms with Crippen molar-refractivity contribution < 1.29 is 0 Å². The summed E-state index contributed by atoms with van der Waals surface area (Å²) in [5.41, 5.74) is 2.09. The standard InChI is InChI=1S/C12H8BrN3/c13-8-4-5-9-10(7-8)16-6-2-1-3-11(16)15-12(9)14/h1-7,14H. The molecular weight excluding hydrogens is 266 g/mol. The molecule has 1 N–H and O–H groups in total. The van der Waals surface area contributed by atoms with Gasteiger partial charge in [0.15, 0.2) is 5.49 Å². The second-order valence-electron chi connectivity index (χ2n) is 3.55. The van der Waals surface area contributed by atoms with Crippen molar-refractivity contribution >= 4 is 32.5 Å². The third-order valence-corrected chi connectivity index (χ3v) is 3.03. The zero-order chi connectivity index (χ0) is 11.1. The zero-order valence-electron chi connectivity index (χ0n) is 8.31. The number of nitrogens with zero attached hydrogens (tertiary/aromatic N) is 2. The Kier molecular flexibility index (Phi) is 2.04. The van der Waals surface area contributed by atoms with E-state index in [1.165, 1.54) is 0 Å². The summed E-state index contributed by atoms with van der Waals surface area (Å²) in [6.45, 7) is 0. The first-order valence-corrected chi connectivity index (χ1v) is 5.66. The third kappa shape index (κ3) is 1.34. The van der Waals surface area contributed by atoms with Gasteiger partial charge >= 0.3 is 0 Å². The largest absolute Gasteiger partial charge is 0.301 e. The van der Waals surface area contributed by atoms with E-state index >= 15 is 0 Å². The van der Waals surface area contributed by atoms with Gasteiger partial charge in [0, 0.05) is 16.1 Å². The van der Waals surface area contributed by atoms with Crippen LogP contribution in [-0.2, 0) is 0 Å². The SMILES string of the molecule is N=c1nc2ccccn2c2cc(Br)ccc12. The van der Waals surface area contributed by atoms with Gasteiger partial charge in [0.2, 0.25) is 0 Å². The minimum absolute atomic E-state index is 0.314. The molecule has 1 aromatic carbocycles. The van der Waals surface area contributed by atoms with E-state index in [9.17, 15) is 0 Å². The van der Waals surface area contributed by atoms with Crippen molar-refractivity contribution in [2.45, 2.75) is 0 Å². The zero-order valence-corrected chi connectivity index (χ0v) is 9.90. The van der Waals surface area contributed by atoms with Crippen LogP contribution >= 0.6 is 15.9 Å². The van der Waals surface area contributed by atoms with Crippen LogP contribution in [0.1, 0.15) is 0 Å². The maximum absolute atomic E-state index is 7.88. The summed E-state index contributed by atoms with van der Waals surface area (Å²) in [6, 6.07) is 11.6. The van der Waals surface area contributed by atoms with Crippen LogP contribution in [-0.4, -0.2) is 9.38 Å². The van der Waals surface area contributed by atoms with Gasteiger partial charge in [0.05, 0.1) is 5.52 Å². The fraction of sp³-hybridized carbons (Fsp3) is 0. The number of aromatic nitrogens is 2. The highest BCUT2D eigenvalue weighted by molar-refractivity contribution is 9.10. The number of rotatable bonds is 0. The fourth-order valence-electron chi connectivity index (χ4n) is 1.81. The Morgan fingerprint density at radius 1 is 1.19 bits per heavy atom. The Labute approximate surface area is 100 Å². The second-order valence-corrected chi connectivity index (χ2v) is 4.47.